The molecule has 3 heterocycles. The molecule has 5 rings (SSSR count). The minimum absolute atomic E-state index is 0.219. The minimum Gasteiger partial charge on any atom is -0.383 e. The number of nitrogen functional groups attached to an aromatic ring is 1. The van der Waals surface area contributed by atoms with E-state index in [-0.39, 0.29) is 17.2 Å². The number of imidazole rings is 1. The van der Waals surface area contributed by atoms with Gasteiger partial charge in [-0.15, -0.1) is 0 Å². The number of fused-ring (bicyclic) bond motifs is 2. The second-order valence-electron chi connectivity index (χ2n) is 6.96. The van der Waals surface area contributed by atoms with Gasteiger partial charge in [0.25, 0.3) is 0 Å². The number of ketones is 1. The summed E-state index contributed by atoms with van der Waals surface area (Å²) >= 11 is 3.16. The topological polar surface area (TPSA) is 105 Å². The second kappa shape index (κ2) is 6.81. The Hall–Kier alpha value is -3.46. The molecular weight excluding hydrogens is 451 g/mol. The number of hydrogen-bond acceptors (Lipinski definition) is 4. The van der Waals surface area contributed by atoms with Crippen molar-refractivity contribution >= 4 is 49.5 Å². The van der Waals surface area contributed by atoms with E-state index in [0.717, 1.165) is 23.3 Å². The summed E-state index contributed by atoms with van der Waals surface area (Å²) < 4.78 is 15.6. The Morgan fingerprint density at radius 2 is 2.03 bits per heavy atom. The van der Waals surface area contributed by atoms with Crippen LogP contribution in [0.5, 0.6) is 0 Å². The van der Waals surface area contributed by atoms with Gasteiger partial charge in [0, 0.05) is 17.3 Å². The minimum atomic E-state index is -0.407. The van der Waals surface area contributed by atoms with Crippen LogP contribution in [0.25, 0.3) is 27.6 Å². The summed E-state index contributed by atoms with van der Waals surface area (Å²) in [7, 11) is 0. The van der Waals surface area contributed by atoms with Crippen molar-refractivity contribution in [2.75, 3.05) is 5.73 Å². The van der Waals surface area contributed by atoms with Crippen LogP contribution in [0.2, 0.25) is 0 Å². The SMILES string of the molecule is CCc1nc2cc(-n3ncc(C(=O)c4cc5cc(Br)c(F)cc5[nH]4)c3N)ccc2[nH]1. The lowest BCUT2D eigenvalue weighted by molar-refractivity contribution is 0.103. The molecule has 0 aliphatic rings. The molecule has 0 atom stereocenters. The first kappa shape index (κ1) is 18.6. The summed E-state index contributed by atoms with van der Waals surface area (Å²) in [5.74, 6) is 0.390. The van der Waals surface area contributed by atoms with Gasteiger partial charge in [-0.05, 0) is 52.3 Å². The van der Waals surface area contributed by atoms with Crippen molar-refractivity contribution in [3.8, 4) is 5.69 Å². The van der Waals surface area contributed by atoms with Gasteiger partial charge in [-0.3, -0.25) is 4.79 Å². The van der Waals surface area contributed by atoms with Gasteiger partial charge in [0.05, 0.1) is 38.6 Å². The van der Waals surface area contributed by atoms with Crippen molar-refractivity contribution < 1.29 is 9.18 Å². The van der Waals surface area contributed by atoms with Crippen molar-refractivity contribution in [3.05, 3.63) is 70.0 Å². The van der Waals surface area contributed by atoms with E-state index in [0.29, 0.717) is 26.8 Å². The zero-order valence-corrected chi connectivity index (χ0v) is 17.4. The van der Waals surface area contributed by atoms with Gasteiger partial charge in [-0.1, -0.05) is 6.92 Å². The van der Waals surface area contributed by atoms with Crippen LogP contribution in [0.1, 0.15) is 28.8 Å². The predicted molar refractivity (Wildman–Crippen MR) is 116 cm³/mol. The molecule has 0 amide bonds. The smallest absolute Gasteiger partial charge is 0.214 e. The van der Waals surface area contributed by atoms with Crippen LogP contribution >= 0.6 is 15.9 Å². The van der Waals surface area contributed by atoms with Gasteiger partial charge in [-0.2, -0.15) is 5.10 Å². The maximum Gasteiger partial charge on any atom is 0.214 e. The molecule has 0 unspecified atom stereocenters. The van der Waals surface area contributed by atoms with E-state index in [1.807, 2.05) is 25.1 Å². The maximum absolute atomic E-state index is 13.8. The number of carbonyl (C=O) groups is 1. The van der Waals surface area contributed by atoms with Gasteiger partial charge >= 0.3 is 0 Å². The highest BCUT2D eigenvalue weighted by Gasteiger charge is 2.20. The Kier molecular flexibility index (Phi) is 4.21. The van der Waals surface area contributed by atoms with Crippen molar-refractivity contribution in [3.63, 3.8) is 0 Å². The van der Waals surface area contributed by atoms with Crippen molar-refractivity contribution in [1.82, 2.24) is 24.7 Å². The molecule has 3 aromatic heterocycles. The van der Waals surface area contributed by atoms with Crippen molar-refractivity contribution in [2.24, 2.45) is 0 Å². The van der Waals surface area contributed by atoms with E-state index in [1.165, 1.54) is 16.9 Å². The molecule has 0 saturated heterocycles. The summed E-state index contributed by atoms with van der Waals surface area (Å²) in [4.78, 5) is 23.7. The standard InChI is InChI=1S/C21H16BrFN6O/c1-2-19-27-15-4-3-11(7-17(15)28-19)29-21(24)12(9-25-29)20(30)18-6-10-5-13(22)14(23)8-16(10)26-18/h3-9,26H,2,24H2,1H3,(H,27,28). The molecule has 150 valence electrons. The average Bonchev–Trinajstić information content (AvgIpc) is 3.43. The Bertz CT molecular complexity index is 1410. The van der Waals surface area contributed by atoms with Crippen LogP contribution < -0.4 is 5.73 Å². The van der Waals surface area contributed by atoms with Crippen LogP contribution in [0, 0.1) is 5.82 Å². The van der Waals surface area contributed by atoms with Gasteiger partial charge in [-0.25, -0.2) is 14.1 Å². The fourth-order valence-electron chi connectivity index (χ4n) is 3.48. The van der Waals surface area contributed by atoms with E-state index < -0.39 is 5.82 Å². The normalized spacial score (nSPS) is 11.6. The number of carbonyl (C=O) groups excluding carboxylic acids is 1. The number of anilines is 1. The lowest BCUT2D eigenvalue weighted by atomic mass is 10.1. The monoisotopic (exact) mass is 466 g/mol. The number of aromatic nitrogens is 5. The van der Waals surface area contributed by atoms with Crippen LogP contribution in [0.3, 0.4) is 0 Å². The Morgan fingerprint density at radius 3 is 2.83 bits per heavy atom. The molecule has 4 N–H and O–H groups in total. The first-order valence-corrected chi connectivity index (χ1v) is 10.1. The molecule has 30 heavy (non-hydrogen) atoms. The molecule has 7 nitrogen and oxygen atoms in total. The predicted octanol–water partition coefficient (Wildman–Crippen LogP) is 4.51. The molecule has 0 aliphatic heterocycles. The first-order chi connectivity index (χ1) is 14.4. The zero-order chi connectivity index (χ0) is 21.0. The summed E-state index contributed by atoms with van der Waals surface area (Å²) in [6, 6.07) is 10.3. The van der Waals surface area contributed by atoms with E-state index in [1.54, 1.807) is 12.1 Å². The highest BCUT2D eigenvalue weighted by atomic mass is 79.9. The van der Waals surface area contributed by atoms with E-state index in [9.17, 15) is 9.18 Å². The molecular formula is C21H16BrFN6O. The lowest BCUT2D eigenvalue weighted by Crippen LogP contribution is -2.07. The van der Waals surface area contributed by atoms with Crippen LogP contribution in [0.4, 0.5) is 10.2 Å². The number of nitrogens with zero attached hydrogens (tertiary/aromatic N) is 3. The number of halogens is 2. The summed E-state index contributed by atoms with van der Waals surface area (Å²) in [5.41, 5.74) is 9.79. The van der Waals surface area contributed by atoms with Crippen molar-refractivity contribution in [2.45, 2.75) is 13.3 Å². The molecule has 0 bridgehead atoms. The Balaban J connectivity index is 1.53. The molecule has 5 aromatic rings. The molecule has 0 fully saturated rings. The number of hydrogen-bond donors (Lipinski definition) is 3. The van der Waals surface area contributed by atoms with Crippen molar-refractivity contribution in [1.29, 1.82) is 0 Å². The lowest BCUT2D eigenvalue weighted by Gasteiger charge is -2.05. The van der Waals surface area contributed by atoms with E-state index in [2.05, 4.69) is 36.0 Å². The number of aryl methyl sites for hydroxylation is 1. The molecule has 0 radical (unpaired) electrons. The third-order valence-corrected chi connectivity index (χ3v) is 5.66. The van der Waals surface area contributed by atoms with Crippen LogP contribution in [-0.4, -0.2) is 30.5 Å². The number of nitrogens with one attached hydrogen (secondary N) is 2. The fraction of sp³-hybridized carbons (Fsp3) is 0.0952. The first-order valence-electron chi connectivity index (χ1n) is 9.29. The molecule has 0 saturated carbocycles. The second-order valence-corrected chi connectivity index (χ2v) is 7.81. The average molecular weight is 467 g/mol. The highest BCUT2D eigenvalue weighted by Crippen LogP contribution is 2.27. The molecule has 9 heteroatoms. The van der Waals surface area contributed by atoms with Gasteiger partial charge in [0.1, 0.15) is 17.5 Å². The number of benzene rings is 2. The summed E-state index contributed by atoms with van der Waals surface area (Å²) in [6.45, 7) is 2.03. The maximum atomic E-state index is 13.8. The van der Waals surface area contributed by atoms with E-state index >= 15 is 0 Å². The molecule has 0 spiro atoms. The number of nitrogens with two attached hydrogens (primary N) is 1. The fourth-order valence-corrected chi connectivity index (χ4v) is 3.84. The third kappa shape index (κ3) is 2.89. The summed E-state index contributed by atoms with van der Waals surface area (Å²) in [5, 5.41) is 5.02. The summed E-state index contributed by atoms with van der Waals surface area (Å²) in [6.07, 6.45) is 2.24. The largest absolute Gasteiger partial charge is 0.383 e. The number of rotatable bonds is 4. The third-order valence-electron chi connectivity index (χ3n) is 5.05. The zero-order valence-electron chi connectivity index (χ0n) is 15.8. The van der Waals surface area contributed by atoms with Gasteiger partial charge in [0.15, 0.2) is 0 Å². The Labute approximate surface area is 178 Å². The number of H-pyrrole nitrogens is 2. The van der Waals surface area contributed by atoms with Crippen LogP contribution in [0.15, 0.2) is 47.1 Å². The molecule has 2 aromatic carbocycles. The van der Waals surface area contributed by atoms with Gasteiger partial charge in [0.2, 0.25) is 5.78 Å². The Morgan fingerprint density at radius 1 is 1.20 bits per heavy atom. The molecule has 0 aliphatic carbocycles. The highest BCUT2D eigenvalue weighted by molar-refractivity contribution is 9.10. The van der Waals surface area contributed by atoms with Gasteiger partial charge < -0.3 is 15.7 Å². The quantitative estimate of drug-likeness (QED) is 0.339. The number of aromatic amines is 2. The van der Waals surface area contributed by atoms with E-state index in [4.69, 9.17) is 5.73 Å². The van der Waals surface area contributed by atoms with Crippen LogP contribution in [-0.2, 0) is 6.42 Å².